The van der Waals surface area contributed by atoms with E-state index in [1.165, 1.54) is 19.3 Å². The van der Waals surface area contributed by atoms with Gasteiger partial charge in [-0.1, -0.05) is 49.6 Å². The largest absolute Gasteiger partial charge is 0.445 e. The number of hydrogen-bond donors (Lipinski definition) is 3. The Hall–Kier alpha value is -1.59. The van der Waals surface area contributed by atoms with Gasteiger partial charge in [-0.2, -0.15) is 0 Å². The molecule has 25 heavy (non-hydrogen) atoms. The molecule has 0 heterocycles. The third kappa shape index (κ3) is 5.19. The van der Waals surface area contributed by atoms with Crippen molar-refractivity contribution in [3.8, 4) is 0 Å². The Labute approximate surface area is 150 Å². The highest BCUT2D eigenvalue weighted by Gasteiger charge is 2.35. The molecule has 0 atom stereocenters. The molecule has 0 spiro atoms. The topological polar surface area (TPSA) is 70.6 Å². The van der Waals surface area contributed by atoms with E-state index in [2.05, 4.69) is 10.6 Å². The number of hydrogen-bond acceptors (Lipinski definition) is 4. The van der Waals surface area contributed by atoms with E-state index < -0.39 is 0 Å². The van der Waals surface area contributed by atoms with Gasteiger partial charge in [0.25, 0.3) is 0 Å². The number of carbonyl (C=O) groups excluding carboxylic acids is 1. The number of aliphatic hydroxyl groups excluding tert-OH is 1. The maximum Gasteiger partial charge on any atom is 0.407 e. The SMILES string of the molecule is O=C(NC1CC(NCC2(CO)CCCCC2)C1)OCc1ccccc1. The normalized spacial score (nSPS) is 25.0. The standard InChI is InChI=1S/C20H30N2O3/c23-15-20(9-5-2-6-10-20)14-21-17-11-18(12-17)22-19(24)25-13-16-7-3-1-4-8-16/h1,3-4,7-8,17-18,21,23H,2,5-6,9-15H2,(H,22,24). The quantitative estimate of drug-likeness (QED) is 0.710. The molecule has 1 amide bonds. The van der Waals surface area contributed by atoms with E-state index in [1.54, 1.807) is 0 Å². The van der Waals surface area contributed by atoms with E-state index in [9.17, 15) is 9.90 Å². The maximum atomic E-state index is 11.8. The van der Waals surface area contributed by atoms with Crippen molar-refractivity contribution >= 4 is 6.09 Å². The molecule has 2 saturated carbocycles. The molecule has 5 nitrogen and oxygen atoms in total. The lowest BCUT2D eigenvalue weighted by Crippen LogP contribution is -2.54. The van der Waals surface area contributed by atoms with Crippen molar-refractivity contribution in [2.45, 2.75) is 63.6 Å². The zero-order chi connectivity index (χ0) is 17.5. The number of ether oxygens (including phenoxy) is 1. The van der Waals surface area contributed by atoms with E-state index >= 15 is 0 Å². The van der Waals surface area contributed by atoms with Crippen LogP contribution in [0.1, 0.15) is 50.5 Å². The van der Waals surface area contributed by atoms with Gasteiger partial charge in [-0.15, -0.1) is 0 Å². The Bertz CT molecular complexity index is 537. The number of carbonyl (C=O) groups is 1. The first kappa shape index (κ1) is 18.2. The van der Waals surface area contributed by atoms with Gasteiger partial charge < -0.3 is 20.5 Å². The average Bonchev–Trinajstić information content (AvgIpc) is 2.63. The molecule has 0 bridgehead atoms. The van der Waals surface area contributed by atoms with Gasteiger partial charge in [0.1, 0.15) is 6.61 Å². The maximum absolute atomic E-state index is 11.8. The lowest BCUT2D eigenvalue weighted by Gasteiger charge is -2.41. The molecule has 0 aromatic heterocycles. The summed E-state index contributed by atoms with van der Waals surface area (Å²) in [6.07, 6.45) is 7.51. The summed E-state index contributed by atoms with van der Waals surface area (Å²) in [5, 5.41) is 16.3. The third-order valence-electron chi connectivity index (χ3n) is 5.69. The Balaban J connectivity index is 1.30. The number of rotatable bonds is 7. The van der Waals surface area contributed by atoms with Gasteiger partial charge in [-0.25, -0.2) is 4.79 Å². The molecule has 1 aromatic carbocycles. The van der Waals surface area contributed by atoms with Gasteiger partial charge in [-0.05, 0) is 31.2 Å². The fraction of sp³-hybridized carbons (Fsp3) is 0.650. The molecule has 2 fully saturated rings. The number of nitrogens with one attached hydrogen (secondary N) is 2. The molecule has 3 N–H and O–H groups in total. The predicted molar refractivity (Wildman–Crippen MR) is 97.2 cm³/mol. The molecule has 0 unspecified atom stereocenters. The van der Waals surface area contributed by atoms with E-state index in [0.29, 0.717) is 12.6 Å². The van der Waals surface area contributed by atoms with Crippen molar-refractivity contribution in [1.29, 1.82) is 0 Å². The molecular weight excluding hydrogens is 316 g/mol. The molecule has 5 heteroatoms. The minimum Gasteiger partial charge on any atom is -0.445 e. The van der Waals surface area contributed by atoms with E-state index in [4.69, 9.17) is 4.74 Å². The average molecular weight is 346 g/mol. The van der Waals surface area contributed by atoms with E-state index in [-0.39, 0.29) is 24.2 Å². The van der Waals surface area contributed by atoms with Crippen molar-refractivity contribution in [3.63, 3.8) is 0 Å². The predicted octanol–water partition coefficient (Wildman–Crippen LogP) is 2.98. The lowest BCUT2D eigenvalue weighted by molar-refractivity contribution is 0.0711. The van der Waals surface area contributed by atoms with Gasteiger partial charge in [0, 0.05) is 30.7 Å². The molecule has 0 saturated heterocycles. The Morgan fingerprint density at radius 1 is 1.12 bits per heavy atom. The number of amides is 1. The second-order valence-electron chi connectivity index (χ2n) is 7.67. The van der Waals surface area contributed by atoms with Crippen LogP contribution < -0.4 is 10.6 Å². The zero-order valence-corrected chi connectivity index (χ0v) is 14.9. The fourth-order valence-electron chi connectivity index (χ4n) is 3.89. The molecule has 1 aromatic rings. The van der Waals surface area contributed by atoms with Crippen molar-refractivity contribution in [3.05, 3.63) is 35.9 Å². The first-order valence-electron chi connectivity index (χ1n) is 9.51. The van der Waals surface area contributed by atoms with Crippen LogP contribution in [0.15, 0.2) is 30.3 Å². The fourth-order valence-corrected chi connectivity index (χ4v) is 3.89. The van der Waals surface area contributed by atoms with Crippen LogP contribution in [0.5, 0.6) is 0 Å². The number of benzene rings is 1. The number of aliphatic hydroxyl groups is 1. The van der Waals surface area contributed by atoms with Crippen LogP contribution in [0.4, 0.5) is 4.79 Å². The lowest BCUT2D eigenvalue weighted by atomic mass is 9.74. The summed E-state index contributed by atoms with van der Waals surface area (Å²) in [4.78, 5) is 11.8. The van der Waals surface area contributed by atoms with Crippen molar-refractivity contribution < 1.29 is 14.6 Å². The van der Waals surface area contributed by atoms with Crippen LogP contribution in [-0.4, -0.2) is 36.4 Å². The van der Waals surface area contributed by atoms with Crippen molar-refractivity contribution in [2.24, 2.45) is 5.41 Å². The van der Waals surface area contributed by atoms with Gasteiger partial charge in [-0.3, -0.25) is 0 Å². The van der Waals surface area contributed by atoms with Crippen molar-refractivity contribution in [1.82, 2.24) is 10.6 Å². The van der Waals surface area contributed by atoms with Crippen LogP contribution in [-0.2, 0) is 11.3 Å². The highest BCUT2D eigenvalue weighted by atomic mass is 16.5. The molecule has 2 aliphatic rings. The summed E-state index contributed by atoms with van der Waals surface area (Å²) in [6.45, 7) is 1.47. The third-order valence-corrected chi connectivity index (χ3v) is 5.69. The van der Waals surface area contributed by atoms with Crippen LogP contribution in [0.3, 0.4) is 0 Å². The first-order valence-corrected chi connectivity index (χ1v) is 9.51. The van der Waals surface area contributed by atoms with Crippen LogP contribution in [0.25, 0.3) is 0 Å². The zero-order valence-electron chi connectivity index (χ0n) is 14.9. The highest BCUT2D eigenvalue weighted by molar-refractivity contribution is 5.67. The summed E-state index contributed by atoms with van der Waals surface area (Å²) < 4.78 is 5.25. The van der Waals surface area contributed by atoms with Crippen LogP contribution in [0.2, 0.25) is 0 Å². The molecule has 3 rings (SSSR count). The first-order chi connectivity index (χ1) is 12.2. The molecule has 138 valence electrons. The molecule has 2 aliphatic carbocycles. The summed E-state index contributed by atoms with van der Waals surface area (Å²) in [7, 11) is 0. The summed E-state index contributed by atoms with van der Waals surface area (Å²) in [5.41, 5.74) is 1.07. The molecular formula is C20H30N2O3. The molecule has 0 radical (unpaired) electrons. The number of alkyl carbamates (subject to hydrolysis) is 1. The highest BCUT2D eigenvalue weighted by Crippen LogP contribution is 2.35. The van der Waals surface area contributed by atoms with E-state index in [1.807, 2.05) is 30.3 Å². The minimum absolute atomic E-state index is 0.0748. The Morgan fingerprint density at radius 2 is 1.84 bits per heavy atom. The smallest absolute Gasteiger partial charge is 0.407 e. The Morgan fingerprint density at radius 3 is 2.52 bits per heavy atom. The molecule has 0 aliphatic heterocycles. The summed E-state index contributed by atoms with van der Waals surface area (Å²) in [5.74, 6) is 0. The van der Waals surface area contributed by atoms with Gasteiger partial charge >= 0.3 is 6.09 Å². The summed E-state index contributed by atoms with van der Waals surface area (Å²) in [6, 6.07) is 10.3. The second kappa shape index (κ2) is 8.68. The van der Waals surface area contributed by atoms with E-state index in [0.717, 1.165) is 37.8 Å². The van der Waals surface area contributed by atoms with Crippen LogP contribution in [0, 0.1) is 5.41 Å². The van der Waals surface area contributed by atoms with Gasteiger partial charge in [0.2, 0.25) is 0 Å². The summed E-state index contributed by atoms with van der Waals surface area (Å²) >= 11 is 0. The second-order valence-corrected chi connectivity index (χ2v) is 7.67. The van der Waals surface area contributed by atoms with Gasteiger partial charge in [0.05, 0.1) is 0 Å². The minimum atomic E-state index is -0.341. The monoisotopic (exact) mass is 346 g/mol. The van der Waals surface area contributed by atoms with Gasteiger partial charge in [0.15, 0.2) is 0 Å². The van der Waals surface area contributed by atoms with Crippen LogP contribution >= 0.6 is 0 Å². The van der Waals surface area contributed by atoms with Crippen molar-refractivity contribution in [2.75, 3.05) is 13.2 Å². The Kier molecular flexibility index (Phi) is 6.32.